The number of carbonyl (C=O) groups excluding carboxylic acids is 1. The van der Waals surface area contributed by atoms with Crippen LogP contribution in [0.2, 0.25) is 0 Å². The molecule has 0 saturated heterocycles. The van der Waals surface area contributed by atoms with Gasteiger partial charge in [0.15, 0.2) is 0 Å². The molecule has 6 heteroatoms. The molecule has 2 heterocycles. The first-order chi connectivity index (χ1) is 9.69. The maximum absolute atomic E-state index is 11.9. The molecule has 2 N–H and O–H groups in total. The molecule has 106 valence electrons. The zero-order valence-corrected chi connectivity index (χ0v) is 11.8. The highest BCUT2D eigenvalue weighted by atomic mass is 16.1. The minimum absolute atomic E-state index is 0.114. The standard InChI is InChI=1S/C14H19N5O/c1-3-15-13-5-4-11(10-17-13)14(20)16-8-6-12-7-9-19(2)18-12/h4-5,7,9-10H,3,6,8H2,1-2H3,(H,15,17)(H,16,20). The van der Waals surface area contributed by atoms with Gasteiger partial charge in [0.05, 0.1) is 11.3 Å². The molecule has 0 atom stereocenters. The van der Waals surface area contributed by atoms with Gasteiger partial charge in [-0.05, 0) is 25.1 Å². The Hall–Kier alpha value is -2.37. The van der Waals surface area contributed by atoms with Crippen molar-refractivity contribution in [1.29, 1.82) is 0 Å². The van der Waals surface area contributed by atoms with Gasteiger partial charge in [0.2, 0.25) is 0 Å². The Bertz CT molecular complexity index is 561. The predicted octanol–water partition coefficient (Wildman–Crippen LogP) is 1.22. The fourth-order valence-electron chi connectivity index (χ4n) is 1.82. The summed E-state index contributed by atoms with van der Waals surface area (Å²) in [5.74, 6) is 0.661. The highest BCUT2D eigenvalue weighted by Crippen LogP contribution is 2.04. The van der Waals surface area contributed by atoms with Crippen LogP contribution in [0.15, 0.2) is 30.6 Å². The summed E-state index contributed by atoms with van der Waals surface area (Å²) in [5.41, 5.74) is 1.53. The minimum Gasteiger partial charge on any atom is -0.370 e. The lowest BCUT2D eigenvalue weighted by Gasteiger charge is -2.05. The summed E-state index contributed by atoms with van der Waals surface area (Å²) < 4.78 is 1.75. The molecule has 0 radical (unpaired) electrons. The largest absolute Gasteiger partial charge is 0.370 e. The SMILES string of the molecule is CCNc1ccc(C(=O)NCCc2ccn(C)n2)cn1. The average molecular weight is 273 g/mol. The number of nitrogens with zero attached hydrogens (tertiary/aromatic N) is 3. The average Bonchev–Trinajstić information content (AvgIpc) is 2.85. The third kappa shape index (κ3) is 3.81. The van der Waals surface area contributed by atoms with Crippen LogP contribution >= 0.6 is 0 Å². The summed E-state index contributed by atoms with van der Waals surface area (Å²) >= 11 is 0. The van der Waals surface area contributed by atoms with Gasteiger partial charge in [-0.15, -0.1) is 0 Å². The van der Waals surface area contributed by atoms with Gasteiger partial charge in [0.25, 0.3) is 5.91 Å². The number of carbonyl (C=O) groups is 1. The summed E-state index contributed by atoms with van der Waals surface area (Å²) in [6.45, 7) is 3.37. The number of hydrogen-bond donors (Lipinski definition) is 2. The van der Waals surface area contributed by atoms with Crippen molar-refractivity contribution in [3.05, 3.63) is 41.9 Å². The molecule has 0 aliphatic rings. The van der Waals surface area contributed by atoms with Gasteiger partial charge >= 0.3 is 0 Å². The number of pyridine rings is 1. The van der Waals surface area contributed by atoms with E-state index >= 15 is 0 Å². The van der Waals surface area contributed by atoms with Gasteiger partial charge in [0, 0.05) is 39.0 Å². The van der Waals surface area contributed by atoms with Crippen LogP contribution in [0.25, 0.3) is 0 Å². The van der Waals surface area contributed by atoms with Crippen molar-refractivity contribution >= 4 is 11.7 Å². The number of aryl methyl sites for hydroxylation is 1. The first-order valence-corrected chi connectivity index (χ1v) is 6.65. The number of anilines is 1. The first-order valence-electron chi connectivity index (χ1n) is 6.65. The van der Waals surface area contributed by atoms with Gasteiger partial charge in [0.1, 0.15) is 5.82 Å². The lowest BCUT2D eigenvalue weighted by molar-refractivity contribution is 0.0953. The van der Waals surface area contributed by atoms with Gasteiger partial charge in [-0.2, -0.15) is 5.10 Å². The highest BCUT2D eigenvalue weighted by Gasteiger charge is 2.06. The quantitative estimate of drug-likeness (QED) is 0.830. The molecule has 20 heavy (non-hydrogen) atoms. The van der Waals surface area contributed by atoms with Crippen LogP contribution in [0.5, 0.6) is 0 Å². The normalized spacial score (nSPS) is 10.3. The summed E-state index contributed by atoms with van der Waals surface area (Å²) in [6.07, 6.45) is 4.18. The van der Waals surface area contributed by atoms with Gasteiger partial charge in [-0.3, -0.25) is 9.48 Å². The van der Waals surface area contributed by atoms with E-state index in [4.69, 9.17) is 0 Å². The number of aromatic nitrogens is 3. The molecule has 2 aromatic rings. The van der Waals surface area contributed by atoms with Crippen LogP contribution in [0.4, 0.5) is 5.82 Å². The lowest BCUT2D eigenvalue weighted by atomic mass is 10.2. The molecule has 2 rings (SSSR count). The molecule has 0 aliphatic carbocycles. The Morgan fingerprint density at radius 3 is 2.80 bits per heavy atom. The zero-order chi connectivity index (χ0) is 14.4. The third-order valence-electron chi connectivity index (χ3n) is 2.82. The molecule has 0 unspecified atom stereocenters. The highest BCUT2D eigenvalue weighted by molar-refractivity contribution is 5.94. The van der Waals surface area contributed by atoms with Crippen molar-refractivity contribution < 1.29 is 4.79 Å². The second-order valence-electron chi connectivity index (χ2n) is 4.45. The topological polar surface area (TPSA) is 71.8 Å². The maximum atomic E-state index is 11.9. The third-order valence-corrected chi connectivity index (χ3v) is 2.82. The number of rotatable bonds is 6. The van der Waals surface area contributed by atoms with Crippen LogP contribution in [0, 0.1) is 0 Å². The van der Waals surface area contributed by atoms with E-state index in [2.05, 4.69) is 20.7 Å². The lowest BCUT2D eigenvalue weighted by Crippen LogP contribution is -2.26. The van der Waals surface area contributed by atoms with E-state index < -0.39 is 0 Å². The molecule has 0 fully saturated rings. The maximum Gasteiger partial charge on any atom is 0.252 e. The van der Waals surface area contributed by atoms with Crippen LogP contribution in [0.3, 0.4) is 0 Å². The van der Waals surface area contributed by atoms with E-state index in [1.54, 1.807) is 23.0 Å². The summed E-state index contributed by atoms with van der Waals surface area (Å²) in [5, 5.41) is 10.2. The molecule has 0 aromatic carbocycles. The molecule has 6 nitrogen and oxygen atoms in total. The summed E-state index contributed by atoms with van der Waals surface area (Å²) in [4.78, 5) is 16.1. The van der Waals surface area contributed by atoms with Crippen LogP contribution < -0.4 is 10.6 Å². The smallest absolute Gasteiger partial charge is 0.252 e. The summed E-state index contributed by atoms with van der Waals surface area (Å²) in [7, 11) is 1.87. The van der Waals surface area contributed by atoms with E-state index in [-0.39, 0.29) is 5.91 Å². The number of hydrogen-bond acceptors (Lipinski definition) is 4. The molecule has 0 bridgehead atoms. The van der Waals surface area contributed by atoms with E-state index in [1.807, 2.05) is 26.2 Å². The minimum atomic E-state index is -0.114. The van der Waals surface area contributed by atoms with E-state index in [0.29, 0.717) is 12.1 Å². The molecular formula is C14H19N5O. The fraction of sp³-hybridized carbons (Fsp3) is 0.357. The van der Waals surface area contributed by atoms with Gasteiger partial charge in [-0.25, -0.2) is 4.98 Å². The number of nitrogens with one attached hydrogen (secondary N) is 2. The molecule has 0 spiro atoms. The Labute approximate surface area is 118 Å². The molecule has 0 saturated carbocycles. The number of amides is 1. The van der Waals surface area contributed by atoms with E-state index in [0.717, 1.165) is 24.5 Å². The zero-order valence-electron chi connectivity index (χ0n) is 11.8. The van der Waals surface area contributed by atoms with Crippen molar-refractivity contribution in [2.24, 2.45) is 7.05 Å². The van der Waals surface area contributed by atoms with Gasteiger partial charge < -0.3 is 10.6 Å². The monoisotopic (exact) mass is 273 g/mol. The molecule has 1 amide bonds. The summed E-state index contributed by atoms with van der Waals surface area (Å²) in [6, 6.07) is 5.51. The second kappa shape index (κ2) is 6.70. The van der Waals surface area contributed by atoms with Gasteiger partial charge in [-0.1, -0.05) is 0 Å². The van der Waals surface area contributed by atoms with Crippen molar-refractivity contribution in [3.63, 3.8) is 0 Å². The first kappa shape index (κ1) is 14.0. The van der Waals surface area contributed by atoms with E-state index in [1.165, 1.54) is 0 Å². The fourth-order valence-corrected chi connectivity index (χ4v) is 1.82. The Morgan fingerprint density at radius 2 is 2.20 bits per heavy atom. The molecule has 2 aromatic heterocycles. The van der Waals surface area contributed by atoms with Crippen molar-refractivity contribution in [2.75, 3.05) is 18.4 Å². The van der Waals surface area contributed by atoms with Crippen LogP contribution in [-0.2, 0) is 13.5 Å². The Kier molecular flexibility index (Phi) is 4.70. The molecular weight excluding hydrogens is 254 g/mol. The van der Waals surface area contributed by atoms with E-state index in [9.17, 15) is 4.79 Å². The van der Waals surface area contributed by atoms with Crippen molar-refractivity contribution in [3.8, 4) is 0 Å². The Morgan fingerprint density at radius 1 is 1.35 bits per heavy atom. The Balaban J connectivity index is 1.82. The predicted molar refractivity (Wildman–Crippen MR) is 77.6 cm³/mol. The van der Waals surface area contributed by atoms with Crippen molar-refractivity contribution in [1.82, 2.24) is 20.1 Å². The van der Waals surface area contributed by atoms with Crippen LogP contribution in [0.1, 0.15) is 23.0 Å². The van der Waals surface area contributed by atoms with Crippen molar-refractivity contribution in [2.45, 2.75) is 13.3 Å². The van der Waals surface area contributed by atoms with Crippen LogP contribution in [-0.4, -0.2) is 33.8 Å². The second-order valence-corrected chi connectivity index (χ2v) is 4.45. The molecule has 0 aliphatic heterocycles.